The number of nitrogens with one attached hydrogen (secondary N) is 1. The van der Waals surface area contributed by atoms with E-state index in [9.17, 15) is 14.4 Å². The van der Waals surface area contributed by atoms with Gasteiger partial charge in [0.05, 0.1) is 42.0 Å². The number of carbonyl (C=O) groups excluding carboxylic acids is 1. The van der Waals surface area contributed by atoms with Crippen LogP contribution in [-0.2, 0) is 14.3 Å². The van der Waals surface area contributed by atoms with E-state index >= 15 is 0 Å². The van der Waals surface area contributed by atoms with Gasteiger partial charge in [-0.1, -0.05) is 19.4 Å². The van der Waals surface area contributed by atoms with E-state index in [1.165, 1.54) is 19.2 Å². The second-order valence-electron chi connectivity index (χ2n) is 6.52. The highest BCUT2D eigenvalue weighted by atomic mass is 19.1. The Morgan fingerprint density at radius 1 is 1.37 bits per heavy atom. The van der Waals surface area contributed by atoms with Crippen LogP contribution in [0.5, 0.6) is 0 Å². The van der Waals surface area contributed by atoms with Gasteiger partial charge < -0.3 is 14.8 Å². The number of nitriles is 1. The molecule has 1 aliphatic rings. The lowest BCUT2D eigenvalue weighted by atomic mass is 9.79. The van der Waals surface area contributed by atoms with E-state index in [0.717, 1.165) is 12.8 Å². The molecule has 0 saturated heterocycles. The number of allylic oxidation sites excluding steroid dienone is 2. The highest BCUT2D eigenvalue weighted by Gasteiger charge is 2.36. The van der Waals surface area contributed by atoms with Crippen LogP contribution < -0.4 is 5.32 Å². The molecule has 0 fully saturated rings. The van der Waals surface area contributed by atoms with Crippen molar-refractivity contribution in [3.05, 3.63) is 57.7 Å². The third-order valence-electron chi connectivity index (χ3n) is 4.55. The summed E-state index contributed by atoms with van der Waals surface area (Å²) in [6.45, 7) is 6.03. The summed E-state index contributed by atoms with van der Waals surface area (Å²) >= 11 is 0. The molecule has 1 N–H and O–H groups in total. The minimum absolute atomic E-state index is 0.172. The first kappa shape index (κ1) is 20.7. The molecule has 0 aliphatic carbocycles. The molecule has 0 radical (unpaired) electrons. The summed E-state index contributed by atoms with van der Waals surface area (Å²) in [5.74, 6) is -1.48. The van der Waals surface area contributed by atoms with Crippen molar-refractivity contribution in [2.45, 2.75) is 39.5 Å². The van der Waals surface area contributed by atoms with E-state index in [4.69, 9.17) is 9.47 Å². The molecule has 27 heavy (non-hydrogen) atoms. The van der Waals surface area contributed by atoms with Gasteiger partial charge in [0, 0.05) is 12.8 Å². The summed E-state index contributed by atoms with van der Waals surface area (Å²) in [7, 11) is 1.53. The van der Waals surface area contributed by atoms with Gasteiger partial charge in [-0.25, -0.2) is 9.18 Å². The molecule has 1 aliphatic heterocycles. The van der Waals surface area contributed by atoms with Gasteiger partial charge in [-0.2, -0.15) is 5.26 Å². The van der Waals surface area contributed by atoms with Gasteiger partial charge in [-0.15, -0.1) is 0 Å². The van der Waals surface area contributed by atoms with E-state index in [-0.39, 0.29) is 12.4 Å². The van der Waals surface area contributed by atoms with Crippen LogP contribution in [0.3, 0.4) is 0 Å². The van der Waals surface area contributed by atoms with Crippen LogP contribution in [0.25, 0.3) is 0 Å². The number of esters is 1. The zero-order valence-corrected chi connectivity index (χ0v) is 16.2. The molecule has 0 bridgehead atoms. The lowest BCUT2D eigenvalue weighted by Gasteiger charge is -2.30. The lowest BCUT2D eigenvalue weighted by Crippen LogP contribution is -2.32. The SMILES string of the molecule is CCCCOC(=O)C1=C(COC)NC(C)=C(C#N)C1c1ccc(F)cc1C. The molecule has 0 spiro atoms. The number of hydrogen-bond acceptors (Lipinski definition) is 5. The fraction of sp³-hybridized carbons (Fsp3) is 0.429. The Bertz CT molecular complexity index is 821. The van der Waals surface area contributed by atoms with Gasteiger partial charge in [0.1, 0.15) is 5.82 Å². The summed E-state index contributed by atoms with van der Waals surface area (Å²) in [4.78, 5) is 12.9. The van der Waals surface area contributed by atoms with E-state index in [2.05, 4.69) is 11.4 Å². The molecular weight excluding hydrogens is 347 g/mol. The zero-order valence-electron chi connectivity index (χ0n) is 16.2. The summed E-state index contributed by atoms with van der Waals surface area (Å²) in [6.07, 6.45) is 1.66. The monoisotopic (exact) mass is 372 g/mol. The predicted octanol–water partition coefficient (Wildman–Crippen LogP) is 3.86. The Morgan fingerprint density at radius 2 is 2.11 bits per heavy atom. The van der Waals surface area contributed by atoms with Crippen molar-refractivity contribution < 1.29 is 18.7 Å². The number of carbonyl (C=O) groups is 1. The van der Waals surface area contributed by atoms with Crippen molar-refractivity contribution >= 4 is 5.97 Å². The number of hydrogen-bond donors (Lipinski definition) is 1. The van der Waals surface area contributed by atoms with Crippen LogP contribution in [0.15, 0.2) is 40.7 Å². The number of dihydropyridines is 1. The third-order valence-corrected chi connectivity index (χ3v) is 4.55. The van der Waals surface area contributed by atoms with Crippen LogP contribution in [-0.4, -0.2) is 26.3 Å². The normalized spacial score (nSPS) is 16.8. The Kier molecular flexibility index (Phi) is 7.14. The molecule has 2 rings (SSSR count). The van der Waals surface area contributed by atoms with Crippen LogP contribution in [0.1, 0.15) is 43.7 Å². The lowest BCUT2D eigenvalue weighted by molar-refractivity contribution is -0.139. The second kappa shape index (κ2) is 9.33. The van der Waals surface area contributed by atoms with Crippen molar-refractivity contribution in [2.75, 3.05) is 20.3 Å². The summed E-state index contributed by atoms with van der Waals surface area (Å²) < 4.78 is 24.3. The molecule has 1 aromatic carbocycles. The first-order chi connectivity index (χ1) is 12.9. The molecule has 1 heterocycles. The van der Waals surface area contributed by atoms with Crippen molar-refractivity contribution in [3.63, 3.8) is 0 Å². The number of methoxy groups -OCH3 is 1. The fourth-order valence-corrected chi connectivity index (χ4v) is 3.20. The molecule has 1 atom stereocenters. The van der Waals surface area contributed by atoms with Gasteiger partial charge in [0.25, 0.3) is 0 Å². The molecule has 1 aromatic rings. The highest BCUT2D eigenvalue weighted by molar-refractivity contribution is 5.93. The minimum Gasteiger partial charge on any atom is -0.462 e. The smallest absolute Gasteiger partial charge is 0.336 e. The Hall–Kier alpha value is -2.65. The Balaban J connectivity index is 2.60. The first-order valence-corrected chi connectivity index (χ1v) is 8.97. The summed E-state index contributed by atoms with van der Waals surface area (Å²) in [6, 6.07) is 6.56. The maximum atomic E-state index is 13.6. The maximum Gasteiger partial charge on any atom is 0.336 e. The van der Waals surface area contributed by atoms with E-state index < -0.39 is 11.9 Å². The average molecular weight is 372 g/mol. The van der Waals surface area contributed by atoms with Crippen molar-refractivity contribution in [1.29, 1.82) is 5.26 Å². The number of nitrogens with zero attached hydrogens (tertiary/aromatic N) is 1. The number of aryl methyl sites for hydroxylation is 1. The van der Waals surface area contributed by atoms with Crippen LogP contribution >= 0.6 is 0 Å². The number of rotatable bonds is 7. The second-order valence-corrected chi connectivity index (χ2v) is 6.52. The molecule has 6 heteroatoms. The van der Waals surface area contributed by atoms with E-state index in [0.29, 0.717) is 40.3 Å². The number of ether oxygens (including phenoxy) is 2. The van der Waals surface area contributed by atoms with Crippen LogP contribution in [0.2, 0.25) is 0 Å². The number of benzene rings is 1. The minimum atomic E-state index is -0.629. The molecule has 0 amide bonds. The van der Waals surface area contributed by atoms with E-state index in [1.54, 1.807) is 19.9 Å². The van der Waals surface area contributed by atoms with E-state index in [1.807, 2.05) is 6.92 Å². The van der Waals surface area contributed by atoms with Gasteiger partial charge in [-0.05, 0) is 43.5 Å². The standard InChI is InChI=1S/C21H25FN2O3/c1-5-6-9-27-21(25)20-18(12-26-4)24-14(3)17(11-23)19(20)16-8-7-15(22)10-13(16)2/h7-8,10,19,24H,5-6,9,12H2,1-4H3. The molecule has 0 aromatic heterocycles. The molecule has 0 saturated carbocycles. The predicted molar refractivity (Wildman–Crippen MR) is 100 cm³/mol. The quantitative estimate of drug-likeness (QED) is 0.581. The van der Waals surface area contributed by atoms with Crippen LogP contribution in [0, 0.1) is 24.1 Å². The number of halogens is 1. The number of unbranched alkanes of at least 4 members (excludes halogenated alkanes) is 1. The Morgan fingerprint density at radius 3 is 2.70 bits per heavy atom. The van der Waals surface area contributed by atoms with Gasteiger partial charge in [0.2, 0.25) is 0 Å². The average Bonchev–Trinajstić information content (AvgIpc) is 2.62. The topological polar surface area (TPSA) is 71.3 Å². The van der Waals surface area contributed by atoms with Crippen molar-refractivity contribution in [1.82, 2.24) is 5.32 Å². The van der Waals surface area contributed by atoms with Crippen LogP contribution in [0.4, 0.5) is 4.39 Å². The zero-order chi connectivity index (χ0) is 20.0. The fourth-order valence-electron chi connectivity index (χ4n) is 3.20. The highest BCUT2D eigenvalue weighted by Crippen LogP contribution is 2.39. The third kappa shape index (κ3) is 4.55. The van der Waals surface area contributed by atoms with Gasteiger partial charge >= 0.3 is 5.97 Å². The first-order valence-electron chi connectivity index (χ1n) is 8.97. The summed E-state index contributed by atoms with van der Waals surface area (Å²) in [5.41, 5.74) is 3.31. The molecular formula is C21H25FN2O3. The van der Waals surface area contributed by atoms with Crippen molar-refractivity contribution in [3.8, 4) is 6.07 Å². The largest absolute Gasteiger partial charge is 0.462 e. The Labute approximate surface area is 159 Å². The van der Waals surface area contributed by atoms with Gasteiger partial charge in [0.15, 0.2) is 0 Å². The summed E-state index contributed by atoms with van der Waals surface area (Å²) in [5, 5.41) is 12.8. The molecule has 5 nitrogen and oxygen atoms in total. The molecule has 144 valence electrons. The maximum absolute atomic E-state index is 13.6. The molecule has 1 unspecified atom stereocenters. The van der Waals surface area contributed by atoms with Gasteiger partial charge in [-0.3, -0.25) is 0 Å². The van der Waals surface area contributed by atoms with Crippen molar-refractivity contribution in [2.24, 2.45) is 0 Å².